The van der Waals surface area contributed by atoms with Crippen LogP contribution in [0.5, 0.6) is 0 Å². The summed E-state index contributed by atoms with van der Waals surface area (Å²) in [7, 11) is 3.48. The lowest BCUT2D eigenvalue weighted by molar-refractivity contribution is -0.187. The van der Waals surface area contributed by atoms with Gasteiger partial charge in [0.25, 0.3) is 5.91 Å². The second-order valence-electron chi connectivity index (χ2n) is 7.06. The Hall–Kier alpha value is -2.47. The number of benzene rings is 1. The van der Waals surface area contributed by atoms with E-state index >= 15 is 0 Å². The minimum atomic E-state index is -0.430. The standard InChI is InChI=1S/C19H24N4O4/c1-22-11-19(27-10-16(22)17(24)21-6-7-26-2)12-23(13-19)18(25)15-5-3-4-14(8-15)9-20/h3-5,8,16H,6-7,10-13H2,1-2H3,(H,21,24)/t16-/m0/s1. The summed E-state index contributed by atoms with van der Waals surface area (Å²) < 4.78 is 10.9. The van der Waals surface area contributed by atoms with Gasteiger partial charge in [0.1, 0.15) is 11.6 Å². The van der Waals surface area contributed by atoms with E-state index in [2.05, 4.69) is 5.32 Å². The molecule has 8 heteroatoms. The summed E-state index contributed by atoms with van der Waals surface area (Å²) in [5.74, 6) is -0.187. The van der Waals surface area contributed by atoms with Crippen molar-refractivity contribution in [3.8, 4) is 6.07 Å². The molecule has 8 nitrogen and oxygen atoms in total. The lowest BCUT2D eigenvalue weighted by atomic mass is 9.90. The number of rotatable bonds is 5. The van der Waals surface area contributed by atoms with E-state index in [1.54, 1.807) is 36.3 Å². The molecule has 2 amide bonds. The maximum absolute atomic E-state index is 12.6. The first kappa shape index (κ1) is 19.3. The number of amides is 2. The first-order valence-electron chi connectivity index (χ1n) is 8.88. The average molecular weight is 372 g/mol. The molecule has 0 aromatic heterocycles. The van der Waals surface area contributed by atoms with E-state index in [9.17, 15) is 9.59 Å². The fourth-order valence-electron chi connectivity index (χ4n) is 3.55. The lowest BCUT2D eigenvalue weighted by Gasteiger charge is -2.54. The van der Waals surface area contributed by atoms with Crippen molar-refractivity contribution < 1.29 is 19.1 Å². The molecule has 3 rings (SSSR count). The Kier molecular flexibility index (Phi) is 5.75. The highest BCUT2D eigenvalue weighted by Gasteiger charge is 2.51. The normalized spacial score (nSPS) is 21.4. The summed E-state index contributed by atoms with van der Waals surface area (Å²) in [5.41, 5.74) is 0.538. The number of carbonyl (C=O) groups excluding carboxylic acids is 2. The molecule has 2 saturated heterocycles. The van der Waals surface area contributed by atoms with Crippen LogP contribution in [0, 0.1) is 11.3 Å². The van der Waals surface area contributed by atoms with Crippen LogP contribution in [0.1, 0.15) is 15.9 Å². The number of ether oxygens (including phenoxy) is 2. The molecular weight excluding hydrogens is 348 g/mol. The molecule has 0 saturated carbocycles. The van der Waals surface area contributed by atoms with E-state index in [0.29, 0.717) is 50.5 Å². The number of hydrogen-bond acceptors (Lipinski definition) is 6. The summed E-state index contributed by atoms with van der Waals surface area (Å²) in [6, 6.07) is 8.39. The first-order valence-corrected chi connectivity index (χ1v) is 8.88. The van der Waals surface area contributed by atoms with Crippen LogP contribution < -0.4 is 5.32 Å². The van der Waals surface area contributed by atoms with Crippen molar-refractivity contribution in [1.29, 1.82) is 5.26 Å². The summed E-state index contributed by atoms with van der Waals surface area (Å²) in [6.07, 6.45) is 0. The van der Waals surface area contributed by atoms with Crippen molar-refractivity contribution in [3.63, 3.8) is 0 Å². The van der Waals surface area contributed by atoms with Gasteiger partial charge < -0.3 is 19.7 Å². The van der Waals surface area contributed by atoms with Gasteiger partial charge in [0.05, 0.1) is 37.9 Å². The molecule has 2 aliphatic heterocycles. The average Bonchev–Trinajstić information content (AvgIpc) is 2.65. The highest BCUT2D eigenvalue weighted by Crippen LogP contribution is 2.31. The molecule has 0 bridgehead atoms. The van der Waals surface area contributed by atoms with Crippen LogP contribution in [0.3, 0.4) is 0 Å². The number of nitrogens with one attached hydrogen (secondary N) is 1. The van der Waals surface area contributed by atoms with Gasteiger partial charge in [0.2, 0.25) is 5.91 Å². The van der Waals surface area contributed by atoms with Crippen molar-refractivity contribution in [2.45, 2.75) is 11.6 Å². The number of hydrogen-bond donors (Lipinski definition) is 1. The quantitative estimate of drug-likeness (QED) is 0.722. The number of likely N-dealkylation sites (tertiary alicyclic amines) is 1. The first-order chi connectivity index (χ1) is 13.0. The zero-order valence-electron chi connectivity index (χ0n) is 15.6. The molecule has 0 unspecified atom stereocenters. The van der Waals surface area contributed by atoms with Gasteiger partial charge in [-0.1, -0.05) is 6.07 Å². The molecule has 1 aromatic carbocycles. The van der Waals surface area contributed by atoms with E-state index in [0.717, 1.165) is 0 Å². The zero-order chi connectivity index (χ0) is 19.4. The van der Waals surface area contributed by atoms with Gasteiger partial charge >= 0.3 is 0 Å². The fraction of sp³-hybridized carbons (Fsp3) is 0.526. The van der Waals surface area contributed by atoms with Crippen LogP contribution in [0.15, 0.2) is 24.3 Å². The number of nitrogens with zero attached hydrogens (tertiary/aromatic N) is 3. The number of morpholine rings is 1. The minimum absolute atomic E-state index is 0.0787. The van der Waals surface area contributed by atoms with E-state index in [1.165, 1.54) is 0 Å². The van der Waals surface area contributed by atoms with Crippen LogP contribution in [0.2, 0.25) is 0 Å². The van der Waals surface area contributed by atoms with E-state index < -0.39 is 5.60 Å². The van der Waals surface area contributed by atoms with Gasteiger partial charge in [0, 0.05) is 25.8 Å². The van der Waals surface area contributed by atoms with Gasteiger partial charge in [0.15, 0.2) is 0 Å². The van der Waals surface area contributed by atoms with Gasteiger partial charge in [-0.2, -0.15) is 5.26 Å². The Labute approximate surface area is 158 Å². The van der Waals surface area contributed by atoms with Crippen LogP contribution in [-0.4, -0.2) is 86.8 Å². The summed E-state index contributed by atoms with van der Waals surface area (Å²) in [6.45, 7) is 2.76. The second-order valence-corrected chi connectivity index (χ2v) is 7.06. The number of methoxy groups -OCH3 is 1. The van der Waals surface area contributed by atoms with E-state index in [-0.39, 0.29) is 17.9 Å². The molecule has 1 spiro atoms. The third kappa shape index (κ3) is 4.11. The number of nitriles is 1. The third-order valence-electron chi connectivity index (χ3n) is 5.01. The van der Waals surface area contributed by atoms with Crippen LogP contribution >= 0.6 is 0 Å². The Balaban J connectivity index is 1.54. The summed E-state index contributed by atoms with van der Waals surface area (Å²) >= 11 is 0. The highest BCUT2D eigenvalue weighted by atomic mass is 16.5. The zero-order valence-corrected chi connectivity index (χ0v) is 15.6. The maximum atomic E-state index is 12.6. The lowest BCUT2D eigenvalue weighted by Crippen LogP contribution is -2.73. The van der Waals surface area contributed by atoms with Gasteiger partial charge in [-0.05, 0) is 25.2 Å². The molecule has 27 heavy (non-hydrogen) atoms. The van der Waals surface area contributed by atoms with Gasteiger partial charge in [-0.3, -0.25) is 14.5 Å². The molecule has 2 fully saturated rings. The Morgan fingerprint density at radius 1 is 1.41 bits per heavy atom. The largest absolute Gasteiger partial charge is 0.383 e. The van der Waals surface area contributed by atoms with Crippen LogP contribution in [-0.2, 0) is 14.3 Å². The molecular formula is C19H24N4O4. The molecule has 2 aliphatic rings. The smallest absolute Gasteiger partial charge is 0.254 e. The molecule has 1 aromatic rings. The van der Waals surface area contributed by atoms with Crippen LogP contribution in [0.4, 0.5) is 0 Å². The highest BCUT2D eigenvalue weighted by molar-refractivity contribution is 5.95. The monoisotopic (exact) mass is 372 g/mol. The van der Waals surface area contributed by atoms with E-state index in [1.807, 2.05) is 18.0 Å². The maximum Gasteiger partial charge on any atom is 0.254 e. The third-order valence-corrected chi connectivity index (χ3v) is 5.01. The Morgan fingerprint density at radius 2 is 2.19 bits per heavy atom. The van der Waals surface area contributed by atoms with Crippen molar-refractivity contribution in [2.24, 2.45) is 0 Å². The van der Waals surface area contributed by atoms with Crippen LogP contribution in [0.25, 0.3) is 0 Å². The Bertz CT molecular complexity index is 754. The summed E-state index contributed by atoms with van der Waals surface area (Å²) in [5, 5.41) is 11.8. The number of carbonyl (C=O) groups is 2. The second kappa shape index (κ2) is 8.05. The SMILES string of the molecule is COCCNC(=O)[C@@H]1COC2(CN(C(=O)c3cccc(C#N)c3)C2)CN1C. The van der Waals surface area contributed by atoms with E-state index in [4.69, 9.17) is 14.7 Å². The Morgan fingerprint density at radius 3 is 2.85 bits per heavy atom. The predicted octanol–water partition coefficient (Wildman–Crippen LogP) is -0.154. The fourth-order valence-corrected chi connectivity index (χ4v) is 3.55. The van der Waals surface area contributed by atoms with Crippen molar-refractivity contribution >= 4 is 11.8 Å². The van der Waals surface area contributed by atoms with Gasteiger partial charge in [-0.15, -0.1) is 0 Å². The molecule has 1 atom stereocenters. The minimum Gasteiger partial charge on any atom is -0.383 e. The van der Waals surface area contributed by atoms with Gasteiger partial charge in [-0.25, -0.2) is 0 Å². The molecule has 144 valence electrons. The molecule has 2 heterocycles. The topological polar surface area (TPSA) is 94.9 Å². The molecule has 0 aliphatic carbocycles. The van der Waals surface area contributed by atoms with Crippen molar-refractivity contribution in [2.75, 3.05) is 53.6 Å². The molecule has 1 N–H and O–H groups in total. The van der Waals surface area contributed by atoms with Crippen molar-refractivity contribution in [1.82, 2.24) is 15.1 Å². The number of likely N-dealkylation sites (N-methyl/N-ethyl adjacent to an activating group) is 1. The molecule has 0 radical (unpaired) electrons. The summed E-state index contributed by atoms with van der Waals surface area (Å²) in [4.78, 5) is 28.5. The van der Waals surface area contributed by atoms with Crippen molar-refractivity contribution in [3.05, 3.63) is 35.4 Å². The predicted molar refractivity (Wildman–Crippen MR) is 97.0 cm³/mol.